The van der Waals surface area contributed by atoms with Crippen molar-refractivity contribution in [1.82, 2.24) is 19.5 Å². The summed E-state index contributed by atoms with van der Waals surface area (Å²) in [5.74, 6) is 1.69. The highest BCUT2D eigenvalue weighted by Gasteiger charge is 2.24. The summed E-state index contributed by atoms with van der Waals surface area (Å²) in [6, 6.07) is 63.3. The first kappa shape index (κ1) is 32.0. The quantitative estimate of drug-likeness (QED) is 0.179. The van der Waals surface area contributed by atoms with E-state index in [0.717, 1.165) is 98.8 Å². The molecule has 6 heteroatoms. The van der Waals surface area contributed by atoms with Gasteiger partial charge in [0, 0.05) is 55.1 Å². The van der Waals surface area contributed by atoms with Crippen molar-refractivity contribution in [3.63, 3.8) is 0 Å². The van der Waals surface area contributed by atoms with Crippen LogP contribution in [0.1, 0.15) is 0 Å². The van der Waals surface area contributed by atoms with Crippen LogP contribution in [0.25, 0.3) is 127 Å². The zero-order valence-corrected chi connectivity index (χ0v) is 31.4. The third kappa shape index (κ3) is 4.84. The van der Waals surface area contributed by atoms with E-state index in [4.69, 9.17) is 23.8 Å². The van der Waals surface area contributed by atoms with Gasteiger partial charge in [-0.25, -0.2) is 15.0 Å². The summed E-state index contributed by atoms with van der Waals surface area (Å²) in [5, 5.41) is 10.9. The van der Waals surface area contributed by atoms with Crippen molar-refractivity contribution in [3.8, 4) is 39.9 Å². The lowest BCUT2D eigenvalue weighted by atomic mass is 10.0. The summed E-state index contributed by atoms with van der Waals surface area (Å²) in [6.45, 7) is 0. The molecule has 4 heterocycles. The molecule has 13 rings (SSSR count). The Kier molecular flexibility index (Phi) is 6.63. The summed E-state index contributed by atoms with van der Waals surface area (Å²) in [7, 11) is 0. The molecule has 0 aliphatic carbocycles. The molecule has 0 aliphatic rings. The number of benzene rings is 9. The van der Waals surface area contributed by atoms with Crippen LogP contribution in [0, 0.1) is 0 Å². The SMILES string of the molecule is c1ccc2cc(-c3nc(-c4cc5c(cc4-n4c6ccccc6c6cc7ccccc7cc64)oc4ccccc45)nc(-c4cccc5oc6ccccc6c45)n3)ccc2c1. The first-order valence-electron chi connectivity index (χ1n) is 19.8. The molecule has 13 aromatic rings. The first-order valence-corrected chi connectivity index (χ1v) is 19.8. The van der Waals surface area contributed by atoms with E-state index in [1.807, 2.05) is 42.5 Å². The van der Waals surface area contributed by atoms with Gasteiger partial charge in [-0.2, -0.15) is 0 Å². The van der Waals surface area contributed by atoms with Gasteiger partial charge in [0.05, 0.1) is 16.7 Å². The van der Waals surface area contributed by atoms with E-state index < -0.39 is 0 Å². The minimum absolute atomic E-state index is 0.553. The average molecular weight is 755 g/mol. The fourth-order valence-electron chi connectivity index (χ4n) is 9.07. The van der Waals surface area contributed by atoms with E-state index in [-0.39, 0.29) is 0 Å². The maximum Gasteiger partial charge on any atom is 0.166 e. The average Bonchev–Trinajstić information content (AvgIpc) is 3.96. The van der Waals surface area contributed by atoms with Crippen LogP contribution in [0.5, 0.6) is 0 Å². The highest BCUT2D eigenvalue weighted by molar-refractivity contribution is 6.15. The van der Waals surface area contributed by atoms with Crippen LogP contribution < -0.4 is 0 Å². The van der Waals surface area contributed by atoms with E-state index in [1.54, 1.807) is 0 Å². The lowest BCUT2D eigenvalue weighted by Crippen LogP contribution is -2.04. The van der Waals surface area contributed by atoms with Gasteiger partial charge < -0.3 is 13.4 Å². The third-order valence-corrected chi connectivity index (χ3v) is 11.8. The number of rotatable bonds is 4. The summed E-state index contributed by atoms with van der Waals surface area (Å²) in [4.78, 5) is 16.1. The number of hydrogen-bond acceptors (Lipinski definition) is 5. The monoisotopic (exact) mass is 754 g/mol. The highest BCUT2D eigenvalue weighted by Crippen LogP contribution is 2.42. The molecule has 0 N–H and O–H groups in total. The van der Waals surface area contributed by atoms with Gasteiger partial charge >= 0.3 is 0 Å². The zero-order valence-electron chi connectivity index (χ0n) is 31.4. The molecule has 4 aromatic heterocycles. The molecule has 0 atom stereocenters. The normalized spacial score (nSPS) is 12.1. The fourth-order valence-corrected chi connectivity index (χ4v) is 9.07. The molecule has 0 amide bonds. The Hall–Kier alpha value is -8.09. The van der Waals surface area contributed by atoms with E-state index in [1.165, 1.54) is 10.8 Å². The predicted octanol–water partition coefficient (Wildman–Crippen LogP) is 14.1. The van der Waals surface area contributed by atoms with Crippen LogP contribution >= 0.6 is 0 Å². The van der Waals surface area contributed by atoms with Gasteiger partial charge in [-0.3, -0.25) is 0 Å². The zero-order chi connectivity index (χ0) is 38.6. The summed E-state index contributed by atoms with van der Waals surface area (Å²) in [6.07, 6.45) is 0. The van der Waals surface area contributed by atoms with Gasteiger partial charge in [0.25, 0.3) is 0 Å². The summed E-state index contributed by atoms with van der Waals surface area (Å²) >= 11 is 0. The Morgan fingerprint density at radius 2 is 0.949 bits per heavy atom. The van der Waals surface area contributed by atoms with E-state index >= 15 is 0 Å². The van der Waals surface area contributed by atoms with Crippen molar-refractivity contribution in [2.75, 3.05) is 0 Å². The smallest absolute Gasteiger partial charge is 0.166 e. The van der Waals surface area contributed by atoms with Crippen molar-refractivity contribution in [3.05, 3.63) is 182 Å². The van der Waals surface area contributed by atoms with Crippen LogP contribution in [-0.4, -0.2) is 19.5 Å². The topological polar surface area (TPSA) is 69.9 Å². The van der Waals surface area contributed by atoms with Crippen LogP contribution in [0.15, 0.2) is 191 Å². The van der Waals surface area contributed by atoms with Gasteiger partial charge in [0.1, 0.15) is 22.3 Å². The molecule has 0 bridgehead atoms. The van der Waals surface area contributed by atoms with Gasteiger partial charge in [-0.15, -0.1) is 0 Å². The minimum Gasteiger partial charge on any atom is -0.456 e. The van der Waals surface area contributed by atoms with E-state index in [0.29, 0.717) is 17.5 Å². The lowest BCUT2D eigenvalue weighted by molar-refractivity contribution is 0.668. The van der Waals surface area contributed by atoms with Crippen LogP contribution in [0.3, 0.4) is 0 Å². The number of furan rings is 2. The lowest BCUT2D eigenvalue weighted by Gasteiger charge is -2.15. The van der Waals surface area contributed by atoms with Crippen molar-refractivity contribution in [2.24, 2.45) is 0 Å². The van der Waals surface area contributed by atoms with Crippen molar-refractivity contribution in [1.29, 1.82) is 0 Å². The molecule has 0 saturated carbocycles. The van der Waals surface area contributed by atoms with Crippen LogP contribution in [0.2, 0.25) is 0 Å². The minimum atomic E-state index is 0.553. The Morgan fingerprint density at radius 1 is 0.339 bits per heavy atom. The molecular weight excluding hydrogens is 725 g/mol. The number of fused-ring (bicyclic) bond motifs is 11. The maximum atomic E-state index is 6.61. The Labute approximate surface area is 336 Å². The molecule has 6 nitrogen and oxygen atoms in total. The molecule has 274 valence electrons. The van der Waals surface area contributed by atoms with Gasteiger partial charge in [0.15, 0.2) is 17.5 Å². The number of hydrogen-bond donors (Lipinski definition) is 0. The highest BCUT2D eigenvalue weighted by atomic mass is 16.3. The Bertz CT molecular complexity index is 3870. The Morgan fingerprint density at radius 3 is 1.78 bits per heavy atom. The number of para-hydroxylation sites is 3. The predicted molar refractivity (Wildman–Crippen MR) is 240 cm³/mol. The number of nitrogens with zero attached hydrogens (tertiary/aromatic N) is 4. The molecule has 59 heavy (non-hydrogen) atoms. The molecule has 0 radical (unpaired) electrons. The standard InChI is InChI=1S/C53H30N4O2/c1-2-13-32-26-35(25-24-31(32)12-1)51-54-52(39-19-11-23-48-50(39)38-18-7-10-22-47(38)58-48)56-53(55-51)42-29-41-37-17-6-9-21-46(37)59-49(41)30-45(42)57-43-20-8-5-16-36(43)40-27-33-14-3-4-15-34(33)28-44(40)57/h1-30H. The van der Waals surface area contributed by atoms with Gasteiger partial charge in [0.2, 0.25) is 0 Å². The van der Waals surface area contributed by atoms with Crippen molar-refractivity contribution < 1.29 is 8.83 Å². The second kappa shape index (κ2) is 12.2. The largest absolute Gasteiger partial charge is 0.456 e. The molecule has 0 saturated heterocycles. The Balaban J connectivity index is 1.17. The molecule has 0 fully saturated rings. The van der Waals surface area contributed by atoms with E-state index in [2.05, 4.69) is 144 Å². The fraction of sp³-hybridized carbons (Fsp3) is 0. The summed E-state index contributed by atoms with van der Waals surface area (Å²) < 4.78 is 15.3. The molecule has 0 aliphatic heterocycles. The van der Waals surface area contributed by atoms with Crippen LogP contribution in [-0.2, 0) is 0 Å². The molecule has 0 unspecified atom stereocenters. The first-order chi connectivity index (χ1) is 29.2. The van der Waals surface area contributed by atoms with Crippen LogP contribution in [0.4, 0.5) is 0 Å². The molecule has 9 aromatic carbocycles. The van der Waals surface area contributed by atoms with Gasteiger partial charge in [-0.05, 0) is 70.1 Å². The summed E-state index contributed by atoms with van der Waals surface area (Å²) in [5.41, 5.74) is 8.91. The van der Waals surface area contributed by atoms with E-state index in [9.17, 15) is 0 Å². The van der Waals surface area contributed by atoms with Crippen molar-refractivity contribution in [2.45, 2.75) is 0 Å². The second-order valence-corrected chi connectivity index (χ2v) is 15.2. The third-order valence-electron chi connectivity index (χ3n) is 11.8. The van der Waals surface area contributed by atoms with Crippen molar-refractivity contribution >= 4 is 87.2 Å². The molecule has 0 spiro atoms. The van der Waals surface area contributed by atoms with Gasteiger partial charge in [-0.1, -0.05) is 127 Å². The maximum absolute atomic E-state index is 6.61. The molecular formula is C53H30N4O2. The second-order valence-electron chi connectivity index (χ2n) is 15.2. The number of aromatic nitrogens is 4.